The first kappa shape index (κ1) is 17.8. The molecule has 6 nitrogen and oxygen atoms in total. The SMILES string of the molecule is CCCc1ccc(-c2csc(NC(=O)c3ccccc3[N+](=O)[O-])n2)cc1. The second-order valence-corrected chi connectivity index (χ2v) is 6.57. The summed E-state index contributed by atoms with van der Waals surface area (Å²) < 4.78 is 0. The minimum Gasteiger partial charge on any atom is -0.298 e. The van der Waals surface area contributed by atoms with Crippen molar-refractivity contribution in [1.29, 1.82) is 0 Å². The summed E-state index contributed by atoms with van der Waals surface area (Å²) in [7, 11) is 0. The Morgan fingerprint density at radius 1 is 1.19 bits per heavy atom. The summed E-state index contributed by atoms with van der Waals surface area (Å²) in [6, 6.07) is 14.0. The largest absolute Gasteiger partial charge is 0.298 e. The van der Waals surface area contributed by atoms with Crippen LogP contribution in [0.5, 0.6) is 0 Å². The number of nitro groups is 1. The molecule has 0 aliphatic heterocycles. The number of carbonyl (C=O) groups is 1. The van der Waals surface area contributed by atoms with E-state index in [-0.39, 0.29) is 11.3 Å². The van der Waals surface area contributed by atoms with Crippen molar-refractivity contribution in [3.63, 3.8) is 0 Å². The van der Waals surface area contributed by atoms with Gasteiger partial charge < -0.3 is 0 Å². The highest BCUT2D eigenvalue weighted by Gasteiger charge is 2.20. The molecule has 0 aliphatic carbocycles. The zero-order chi connectivity index (χ0) is 18.5. The second-order valence-electron chi connectivity index (χ2n) is 5.71. The lowest BCUT2D eigenvalue weighted by Crippen LogP contribution is -2.13. The summed E-state index contributed by atoms with van der Waals surface area (Å²) in [5.74, 6) is -0.545. The fourth-order valence-electron chi connectivity index (χ4n) is 2.58. The third kappa shape index (κ3) is 3.94. The lowest BCUT2D eigenvalue weighted by Gasteiger charge is -2.03. The predicted molar refractivity (Wildman–Crippen MR) is 103 cm³/mol. The molecular weight excluding hydrogens is 350 g/mol. The molecule has 7 heteroatoms. The molecule has 3 aromatic rings. The van der Waals surface area contributed by atoms with Gasteiger partial charge in [-0.2, -0.15) is 0 Å². The maximum Gasteiger partial charge on any atom is 0.282 e. The van der Waals surface area contributed by atoms with Crippen molar-refractivity contribution in [1.82, 2.24) is 4.98 Å². The number of hydrogen-bond acceptors (Lipinski definition) is 5. The molecule has 1 N–H and O–H groups in total. The number of hydrogen-bond donors (Lipinski definition) is 1. The molecule has 0 aliphatic rings. The Balaban J connectivity index is 1.76. The Hall–Kier alpha value is -3.06. The highest BCUT2D eigenvalue weighted by molar-refractivity contribution is 7.14. The number of benzene rings is 2. The van der Waals surface area contributed by atoms with E-state index < -0.39 is 10.8 Å². The summed E-state index contributed by atoms with van der Waals surface area (Å²) in [6.45, 7) is 2.14. The zero-order valence-corrected chi connectivity index (χ0v) is 15.0. The number of para-hydroxylation sites is 1. The van der Waals surface area contributed by atoms with Gasteiger partial charge in [-0.15, -0.1) is 11.3 Å². The Morgan fingerprint density at radius 2 is 1.92 bits per heavy atom. The molecule has 0 saturated heterocycles. The number of aromatic nitrogens is 1. The third-order valence-electron chi connectivity index (χ3n) is 3.86. The molecular formula is C19H17N3O3S. The van der Waals surface area contributed by atoms with Gasteiger partial charge in [0.2, 0.25) is 0 Å². The Labute approximate surface area is 154 Å². The molecule has 1 amide bonds. The Kier molecular flexibility index (Phi) is 5.38. The number of nitrogens with one attached hydrogen (secondary N) is 1. The van der Waals surface area contributed by atoms with Crippen LogP contribution in [0.3, 0.4) is 0 Å². The van der Waals surface area contributed by atoms with Gasteiger partial charge in [0.1, 0.15) is 5.56 Å². The van der Waals surface area contributed by atoms with E-state index in [1.165, 1.54) is 35.1 Å². The lowest BCUT2D eigenvalue weighted by atomic mass is 10.1. The van der Waals surface area contributed by atoms with Crippen molar-refractivity contribution in [2.24, 2.45) is 0 Å². The summed E-state index contributed by atoms with van der Waals surface area (Å²) >= 11 is 1.28. The molecule has 0 saturated carbocycles. The van der Waals surface area contributed by atoms with Crippen LogP contribution in [0.1, 0.15) is 29.3 Å². The van der Waals surface area contributed by atoms with Crippen LogP contribution in [0.2, 0.25) is 0 Å². The van der Waals surface area contributed by atoms with Crippen LogP contribution in [-0.2, 0) is 6.42 Å². The van der Waals surface area contributed by atoms with Crippen molar-refractivity contribution in [3.05, 3.63) is 75.2 Å². The van der Waals surface area contributed by atoms with Gasteiger partial charge in [0.05, 0.1) is 10.6 Å². The van der Waals surface area contributed by atoms with E-state index >= 15 is 0 Å². The van der Waals surface area contributed by atoms with Crippen molar-refractivity contribution in [2.75, 3.05) is 5.32 Å². The van der Waals surface area contributed by atoms with Crippen molar-refractivity contribution in [2.45, 2.75) is 19.8 Å². The number of aryl methyl sites for hydroxylation is 1. The molecule has 26 heavy (non-hydrogen) atoms. The maximum atomic E-state index is 12.4. The maximum absolute atomic E-state index is 12.4. The monoisotopic (exact) mass is 367 g/mol. The second kappa shape index (κ2) is 7.88. The molecule has 2 aromatic carbocycles. The molecule has 1 heterocycles. The smallest absolute Gasteiger partial charge is 0.282 e. The van der Waals surface area contributed by atoms with Crippen LogP contribution in [0, 0.1) is 10.1 Å². The number of nitrogens with zero attached hydrogens (tertiary/aromatic N) is 2. The fraction of sp³-hybridized carbons (Fsp3) is 0.158. The quantitative estimate of drug-likeness (QED) is 0.495. The molecule has 1 aromatic heterocycles. The number of nitro benzene ring substituents is 1. The van der Waals surface area contributed by atoms with Gasteiger partial charge in [0.25, 0.3) is 11.6 Å². The minimum absolute atomic E-state index is 0.0122. The van der Waals surface area contributed by atoms with Crippen molar-refractivity contribution >= 4 is 28.1 Å². The minimum atomic E-state index is -0.569. The van der Waals surface area contributed by atoms with Crippen LogP contribution in [-0.4, -0.2) is 15.8 Å². The molecule has 132 valence electrons. The van der Waals surface area contributed by atoms with Crippen molar-refractivity contribution < 1.29 is 9.72 Å². The summed E-state index contributed by atoms with van der Waals surface area (Å²) in [4.78, 5) is 27.3. The van der Waals surface area contributed by atoms with E-state index in [0.717, 1.165) is 24.1 Å². The fourth-order valence-corrected chi connectivity index (χ4v) is 3.30. The van der Waals surface area contributed by atoms with Crippen LogP contribution in [0.4, 0.5) is 10.8 Å². The molecule has 0 spiro atoms. The number of thiazole rings is 1. The highest BCUT2D eigenvalue weighted by atomic mass is 32.1. The average Bonchev–Trinajstić information content (AvgIpc) is 3.11. The average molecular weight is 367 g/mol. The van der Waals surface area contributed by atoms with Gasteiger partial charge in [0.15, 0.2) is 5.13 Å². The first-order chi connectivity index (χ1) is 12.6. The zero-order valence-electron chi connectivity index (χ0n) is 14.1. The van der Waals surface area contributed by atoms with Crippen LogP contribution < -0.4 is 5.32 Å². The van der Waals surface area contributed by atoms with Crippen LogP contribution >= 0.6 is 11.3 Å². The number of amides is 1. The summed E-state index contributed by atoms with van der Waals surface area (Å²) in [5, 5.41) is 15.9. The molecule has 0 bridgehead atoms. The summed E-state index contributed by atoms with van der Waals surface area (Å²) in [6.07, 6.45) is 2.13. The van der Waals surface area contributed by atoms with E-state index in [1.807, 2.05) is 17.5 Å². The molecule has 0 unspecified atom stereocenters. The van der Waals surface area contributed by atoms with Gasteiger partial charge >= 0.3 is 0 Å². The van der Waals surface area contributed by atoms with E-state index in [2.05, 4.69) is 29.4 Å². The van der Waals surface area contributed by atoms with Gasteiger partial charge in [-0.3, -0.25) is 20.2 Å². The van der Waals surface area contributed by atoms with E-state index in [0.29, 0.717) is 5.13 Å². The summed E-state index contributed by atoms with van der Waals surface area (Å²) in [5.41, 5.74) is 2.78. The first-order valence-electron chi connectivity index (χ1n) is 8.18. The first-order valence-corrected chi connectivity index (χ1v) is 9.06. The molecule has 3 rings (SSSR count). The standard InChI is InChI=1S/C19H17N3O3S/c1-2-5-13-8-10-14(11-9-13)16-12-26-19(20-16)21-18(23)15-6-3-4-7-17(15)22(24)25/h3-4,6-12H,2,5H2,1H3,(H,20,21,23). The van der Waals surface area contributed by atoms with Gasteiger partial charge in [-0.1, -0.05) is 49.7 Å². The molecule has 0 atom stereocenters. The third-order valence-corrected chi connectivity index (χ3v) is 4.62. The molecule has 0 fully saturated rings. The topological polar surface area (TPSA) is 85.1 Å². The van der Waals surface area contributed by atoms with Crippen molar-refractivity contribution in [3.8, 4) is 11.3 Å². The van der Waals surface area contributed by atoms with Gasteiger partial charge in [-0.05, 0) is 18.1 Å². The molecule has 0 radical (unpaired) electrons. The number of anilines is 1. The van der Waals surface area contributed by atoms with E-state index in [4.69, 9.17) is 0 Å². The van der Waals surface area contributed by atoms with E-state index in [9.17, 15) is 14.9 Å². The van der Waals surface area contributed by atoms with E-state index in [1.54, 1.807) is 6.07 Å². The lowest BCUT2D eigenvalue weighted by molar-refractivity contribution is -0.385. The number of carbonyl (C=O) groups excluding carboxylic acids is 1. The highest BCUT2D eigenvalue weighted by Crippen LogP contribution is 2.26. The predicted octanol–water partition coefficient (Wildman–Crippen LogP) is 4.92. The Bertz CT molecular complexity index is 935. The normalized spacial score (nSPS) is 10.5. The van der Waals surface area contributed by atoms with Gasteiger partial charge in [-0.25, -0.2) is 4.98 Å². The van der Waals surface area contributed by atoms with Crippen LogP contribution in [0.25, 0.3) is 11.3 Å². The number of rotatable bonds is 6. The van der Waals surface area contributed by atoms with Crippen LogP contribution in [0.15, 0.2) is 53.9 Å². The Morgan fingerprint density at radius 3 is 2.62 bits per heavy atom. The van der Waals surface area contributed by atoms with Gasteiger partial charge in [0, 0.05) is 17.0 Å².